The summed E-state index contributed by atoms with van der Waals surface area (Å²) in [5.74, 6) is 0.298. The molecule has 1 aliphatic rings. The Morgan fingerprint density at radius 1 is 1.14 bits per heavy atom. The zero-order valence-corrected chi connectivity index (χ0v) is 9.94. The van der Waals surface area contributed by atoms with E-state index in [-0.39, 0.29) is 0 Å². The SMILES string of the molecule is CC.CCC(=O)C=C1CCCCCC1. The number of allylic oxidation sites excluding steroid dienone is 2. The summed E-state index contributed by atoms with van der Waals surface area (Å²) in [5, 5.41) is 0. The van der Waals surface area contributed by atoms with Crippen LogP contribution in [-0.2, 0) is 4.79 Å². The minimum atomic E-state index is 0.298. The molecule has 1 rings (SSSR count). The van der Waals surface area contributed by atoms with Crippen molar-refractivity contribution in [2.45, 2.75) is 65.7 Å². The second kappa shape index (κ2) is 8.98. The molecule has 0 radical (unpaired) electrons. The van der Waals surface area contributed by atoms with Gasteiger partial charge in [0.2, 0.25) is 0 Å². The number of hydrogen-bond acceptors (Lipinski definition) is 1. The Morgan fingerprint density at radius 3 is 2.07 bits per heavy atom. The summed E-state index contributed by atoms with van der Waals surface area (Å²) in [6.07, 6.45) is 10.1. The van der Waals surface area contributed by atoms with E-state index in [0.717, 1.165) is 12.8 Å². The molecule has 1 heteroatoms. The molecule has 14 heavy (non-hydrogen) atoms. The fraction of sp³-hybridized carbons (Fsp3) is 0.769. The highest BCUT2D eigenvalue weighted by molar-refractivity contribution is 5.89. The highest BCUT2D eigenvalue weighted by atomic mass is 16.1. The standard InChI is InChI=1S/C11H18O.C2H6/c1-2-11(12)9-10-7-5-3-4-6-8-10;1-2/h9H,2-8H2,1H3;1-2H3. The molecule has 0 amide bonds. The predicted molar refractivity (Wildman–Crippen MR) is 62.4 cm³/mol. The van der Waals surface area contributed by atoms with Gasteiger partial charge >= 0.3 is 0 Å². The molecule has 0 unspecified atom stereocenters. The van der Waals surface area contributed by atoms with Crippen molar-refractivity contribution in [1.82, 2.24) is 0 Å². The fourth-order valence-corrected chi connectivity index (χ4v) is 1.66. The van der Waals surface area contributed by atoms with Crippen molar-refractivity contribution in [3.8, 4) is 0 Å². The Balaban J connectivity index is 0.000000791. The molecule has 82 valence electrons. The van der Waals surface area contributed by atoms with Crippen LogP contribution in [-0.4, -0.2) is 5.78 Å². The Bertz CT molecular complexity index is 170. The van der Waals surface area contributed by atoms with Gasteiger partial charge in [0.05, 0.1) is 0 Å². The lowest BCUT2D eigenvalue weighted by Crippen LogP contribution is -1.92. The summed E-state index contributed by atoms with van der Waals surface area (Å²) < 4.78 is 0. The molecule has 0 aromatic heterocycles. The third-order valence-corrected chi connectivity index (χ3v) is 2.46. The predicted octanol–water partition coefficient (Wildman–Crippen LogP) is 4.27. The Hall–Kier alpha value is -0.590. The molecule has 0 aromatic rings. The van der Waals surface area contributed by atoms with E-state index in [4.69, 9.17) is 0 Å². The van der Waals surface area contributed by atoms with Crippen LogP contribution in [0.2, 0.25) is 0 Å². The molecule has 0 aliphatic heterocycles. The smallest absolute Gasteiger partial charge is 0.155 e. The summed E-state index contributed by atoms with van der Waals surface area (Å²) >= 11 is 0. The first-order valence-corrected chi connectivity index (χ1v) is 6.05. The van der Waals surface area contributed by atoms with Crippen molar-refractivity contribution in [3.63, 3.8) is 0 Å². The topological polar surface area (TPSA) is 17.1 Å². The van der Waals surface area contributed by atoms with E-state index in [1.807, 2.05) is 26.8 Å². The Kier molecular flexibility index (Phi) is 8.61. The van der Waals surface area contributed by atoms with Crippen molar-refractivity contribution >= 4 is 5.78 Å². The van der Waals surface area contributed by atoms with E-state index in [0.29, 0.717) is 12.2 Å². The Labute approximate surface area is 88.6 Å². The number of rotatable bonds is 2. The highest BCUT2D eigenvalue weighted by Gasteiger charge is 2.05. The lowest BCUT2D eigenvalue weighted by Gasteiger charge is -2.00. The van der Waals surface area contributed by atoms with Gasteiger partial charge in [-0.2, -0.15) is 0 Å². The van der Waals surface area contributed by atoms with E-state index < -0.39 is 0 Å². The number of carbonyl (C=O) groups excluding carboxylic acids is 1. The van der Waals surface area contributed by atoms with Gasteiger partial charge in [-0.25, -0.2) is 0 Å². The maximum atomic E-state index is 11.1. The summed E-state index contributed by atoms with van der Waals surface area (Å²) in [6.45, 7) is 5.93. The minimum absolute atomic E-state index is 0.298. The summed E-state index contributed by atoms with van der Waals surface area (Å²) in [4.78, 5) is 11.1. The van der Waals surface area contributed by atoms with Crippen molar-refractivity contribution in [2.24, 2.45) is 0 Å². The van der Waals surface area contributed by atoms with Gasteiger partial charge in [-0.3, -0.25) is 4.79 Å². The second-order valence-electron chi connectivity index (χ2n) is 3.54. The van der Waals surface area contributed by atoms with Crippen molar-refractivity contribution in [2.75, 3.05) is 0 Å². The van der Waals surface area contributed by atoms with Crippen molar-refractivity contribution in [3.05, 3.63) is 11.6 Å². The molecule has 0 saturated heterocycles. The monoisotopic (exact) mass is 196 g/mol. The number of carbonyl (C=O) groups is 1. The van der Waals surface area contributed by atoms with Crippen molar-refractivity contribution in [1.29, 1.82) is 0 Å². The Morgan fingerprint density at radius 2 is 1.64 bits per heavy atom. The molecule has 0 aromatic carbocycles. The van der Waals surface area contributed by atoms with Crippen LogP contribution >= 0.6 is 0 Å². The van der Waals surface area contributed by atoms with Gasteiger partial charge in [-0.15, -0.1) is 0 Å². The van der Waals surface area contributed by atoms with Gasteiger partial charge < -0.3 is 0 Å². The van der Waals surface area contributed by atoms with Crippen LogP contribution < -0.4 is 0 Å². The normalized spacial score (nSPS) is 16.4. The molecule has 0 atom stereocenters. The van der Waals surface area contributed by atoms with E-state index in [1.165, 1.54) is 31.3 Å². The lowest BCUT2D eigenvalue weighted by atomic mass is 10.1. The lowest BCUT2D eigenvalue weighted by molar-refractivity contribution is -0.114. The number of ketones is 1. The van der Waals surface area contributed by atoms with E-state index in [9.17, 15) is 4.79 Å². The van der Waals surface area contributed by atoms with E-state index >= 15 is 0 Å². The zero-order chi connectivity index (χ0) is 10.8. The maximum absolute atomic E-state index is 11.1. The molecule has 0 N–H and O–H groups in total. The van der Waals surface area contributed by atoms with E-state index in [1.54, 1.807) is 0 Å². The molecular weight excluding hydrogens is 172 g/mol. The summed E-state index contributed by atoms with van der Waals surface area (Å²) in [7, 11) is 0. The highest BCUT2D eigenvalue weighted by Crippen LogP contribution is 2.21. The first-order chi connectivity index (χ1) is 6.83. The minimum Gasteiger partial charge on any atom is -0.295 e. The zero-order valence-electron chi connectivity index (χ0n) is 9.94. The van der Waals surface area contributed by atoms with Crippen LogP contribution in [0.1, 0.15) is 65.7 Å². The average molecular weight is 196 g/mol. The maximum Gasteiger partial charge on any atom is 0.155 e. The van der Waals surface area contributed by atoms with Gasteiger partial charge in [0.25, 0.3) is 0 Å². The molecule has 1 fully saturated rings. The molecule has 1 aliphatic carbocycles. The van der Waals surface area contributed by atoms with Gasteiger partial charge in [0.15, 0.2) is 5.78 Å². The van der Waals surface area contributed by atoms with Crippen molar-refractivity contribution < 1.29 is 4.79 Å². The quantitative estimate of drug-likeness (QED) is 0.476. The van der Waals surface area contributed by atoms with Gasteiger partial charge in [0.1, 0.15) is 0 Å². The molecule has 0 spiro atoms. The van der Waals surface area contributed by atoms with Crippen LogP contribution in [0.15, 0.2) is 11.6 Å². The van der Waals surface area contributed by atoms with Gasteiger partial charge in [0, 0.05) is 6.42 Å². The molecule has 1 saturated carbocycles. The largest absolute Gasteiger partial charge is 0.295 e. The third kappa shape index (κ3) is 5.95. The van der Waals surface area contributed by atoms with E-state index in [2.05, 4.69) is 0 Å². The fourth-order valence-electron chi connectivity index (χ4n) is 1.66. The molecule has 0 bridgehead atoms. The molecule has 1 nitrogen and oxygen atoms in total. The third-order valence-electron chi connectivity index (χ3n) is 2.46. The molecule has 0 heterocycles. The first-order valence-electron chi connectivity index (χ1n) is 6.05. The van der Waals surface area contributed by atoms with Gasteiger partial charge in [-0.05, 0) is 31.8 Å². The molecular formula is C13H24O. The summed E-state index contributed by atoms with van der Waals surface area (Å²) in [6, 6.07) is 0. The van der Waals surface area contributed by atoms with Crippen LogP contribution in [0.25, 0.3) is 0 Å². The van der Waals surface area contributed by atoms with Crippen LogP contribution in [0.5, 0.6) is 0 Å². The first kappa shape index (κ1) is 13.4. The average Bonchev–Trinajstić information content (AvgIpc) is 2.49. The summed E-state index contributed by atoms with van der Waals surface area (Å²) in [5.41, 5.74) is 1.39. The number of hydrogen-bond donors (Lipinski definition) is 0. The van der Waals surface area contributed by atoms with Crippen LogP contribution in [0.3, 0.4) is 0 Å². The van der Waals surface area contributed by atoms with Crippen LogP contribution in [0.4, 0.5) is 0 Å². The second-order valence-corrected chi connectivity index (χ2v) is 3.54. The van der Waals surface area contributed by atoms with Gasteiger partial charge in [-0.1, -0.05) is 39.2 Å². The van der Waals surface area contributed by atoms with Crippen LogP contribution in [0, 0.1) is 0 Å².